The van der Waals surface area contributed by atoms with Crippen LogP contribution in [0.3, 0.4) is 0 Å². The summed E-state index contributed by atoms with van der Waals surface area (Å²) in [4.78, 5) is 22.1. The Balaban J connectivity index is 1.65. The first kappa shape index (κ1) is 21.8. The molecular weight excluding hydrogens is 406 g/mol. The molecule has 0 unspecified atom stereocenters. The number of carbonyl (C=O) groups excluding carboxylic acids is 1. The van der Waals surface area contributed by atoms with Gasteiger partial charge in [-0.05, 0) is 38.1 Å². The van der Waals surface area contributed by atoms with Gasteiger partial charge in [-0.1, -0.05) is 0 Å². The van der Waals surface area contributed by atoms with Crippen molar-refractivity contribution in [3.05, 3.63) is 36.0 Å². The summed E-state index contributed by atoms with van der Waals surface area (Å²) in [5, 5.41) is 6.12. The monoisotopic (exact) mass is 433 g/mol. The van der Waals surface area contributed by atoms with Crippen LogP contribution in [0.4, 0.5) is 23.1 Å². The van der Waals surface area contributed by atoms with E-state index in [0.717, 1.165) is 11.4 Å². The minimum Gasteiger partial charge on any atom is -0.370 e. The van der Waals surface area contributed by atoms with E-state index in [1.54, 1.807) is 11.2 Å². The van der Waals surface area contributed by atoms with Gasteiger partial charge in [-0.25, -0.2) is 13.4 Å². The number of aromatic nitrogens is 2. The van der Waals surface area contributed by atoms with Crippen LogP contribution < -0.4 is 21.3 Å². The number of piperazine rings is 1. The minimum absolute atomic E-state index is 0.130. The molecule has 2 aromatic rings. The molecule has 0 saturated carbocycles. The van der Waals surface area contributed by atoms with Crippen LogP contribution in [0, 0.1) is 0 Å². The first-order valence-corrected chi connectivity index (χ1v) is 11.5. The molecule has 0 aliphatic carbocycles. The molecule has 30 heavy (non-hydrogen) atoms. The van der Waals surface area contributed by atoms with Crippen LogP contribution in [0.15, 0.2) is 30.5 Å². The van der Waals surface area contributed by atoms with Crippen molar-refractivity contribution in [2.24, 2.45) is 5.73 Å². The molecule has 1 aliphatic heterocycles. The normalized spacial score (nSPS) is 15.1. The molecular formula is C19H27N7O3S. The van der Waals surface area contributed by atoms with Gasteiger partial charge in [-0.15, -0.1) is 0 Å². The lowest BCUT2D eigenvalue weighted by Crippen LogP contribution is -2.49. The lowest BCUT2D eigenvalue weighted by atomic mass is 10.2. The molecule has 11 heteroatoms. The van der Waals surface area contributed by atoms with Gasteiger partial charge in [-0.2, -0.15) is 9.29 Å². The fraction of sp³-hybridized carbons (Fsp3) is 0.421. The molecule has 1 aliphatic rings. The van der Waals surface area contributed by atoms with Gasteiger partial charge in [0.25, 0.3) is 5.91 Å². The van der Waals surface area contributed by atoms with Crippen molar-refractivity contribution in [2.75, 3.05) is 54.0 Å². The molecule has 0 atom stereocenters. The number of benzene rings is 1. The van der Waals surface area contributed by atoms with Gasteiger partial charge in [0.1, 0.15) is 5.82 Å². The number of nitrogens with one attached hydrogen (secondary N) is 2. The number of nitrogens with zero attached hydrogens (tertiary/aromatic N) is 4. The molecule has 1 aromatic heterocycles. The fourth-order valence-corrected chi connectivity index (χ4v) is 4.30. The molecule has 1 saturated heterocycles. The quantitative estimate of drug-likeness (QED) is 0.566. The number of hydrogen-bond acceptors (Lipinski definition) is 8. The summed E-state index contributed by atoms with van der Waals surface area (Å²) in [6.07, 6.45) is 1.40. The Labute approximate surface area is 176 Å². The Morgan fingerprint density at radius 2 is 1.80 bits per heavy atom. The highest BCUT2D eigenvalue weighted by atomic mass is 32.2. The summed E-state index contributed by atoms with van der Waals surface area (Å²) in [5.41, 5.74) is 7.41. The van der Waals surface area contributed by atoms with E-state index in [2.05, 4.69) is 25.5 Å². The molecule has 2 heterocycles. The molecule has 1 aromatic carbocycles. The van der Waals surface area contributed by atoms with Gasteiger partial charge >= 0.3 is 0 Å². The topological polar surface area (TPSA) is 134 Å². The maximum Gasteiger partial charge on any atom is 0.254 e. The Hall–Kier alpha value is -2.92. The first-order chi connectivity index (χ1) is 14.3. The van der Waals surface area contributed by atoms with Crippen molar-refractivity contribution >= 4 is 39.1 Å². The van der Waals surface area contributed by atoms with Crippen LogP contribution in [0.5, 0.6) is 0 Å². The smallest absolute Gasteiger partial charge is 0.254 e. The molecule has 4 N–H and O–H groups in total. The van der Waals surface area contributed by atoms with Crippen LogP contribution in [0.2, 0.25) is 0 Å². The highest BCUT2D eigenvalue weighted by Gasteiger charge is 2.25. The molecule has 1 amide bonds. The number of nitrogens with two attached hydrogens (primary N) is 1. The molecule has 0 spiro atoms. The summed E-state index contributed by atoms with van der Waals surface area (Å²) in [7, 11) is -3.14. The van der Waals surface area contributed by atoms with Crippen molar-refractivity contribution in [2.45, 2.75) is 13.8 Å². The van der Waals surface area contributed by atoms with Gasteiger partial charge in [0.15, 0.2) is 0 Å². The largest absolute Gasteiger partial charge is 0.370 e. The Morgan fingerprint density at radius 1 is 1.13 bits per heavy atom. The first-order valence-electron chi connectivity index (χ1n) is 9.84. The predicted molar refractivity (Wildman–Crippen MR) is 118 cm³/mol. The molecule has 3 rings (SSSR count). The summed E-state index contributed by atoms with van der Waals surface area (Å²) in [6.45, 7) is 6.44. The van der Waals surface area contributed by atoms with Crippen LogP contribution in [0.1, 0.15) is 24.2 Å². The second-order valence-corrected chi connectivity index (χ2v) is 9.07. The maximum absolute atomic E-state index is 12.0. The van der Waals surface area contributed by atoms with E-state index >= 15 is 0 Å². The van der Waals surface area contributed by atoms with Crippen LogP contribution in [-0.2, 0) is 10.0 Å². The average molecular weight is 434 g/mol. The zero-order chi connectivity index (χ0) is 21.7. The highest BCUT2D eigenvalue weighted by molar-refractivity contribution is 7.89. The highest BCUT2D eigenvalue weighted by Crippen LogP contribution is 2.22. The summed E-state index contributed by atoms with van der Waals surface area (Å²) >= 11 is 0. The third kappa shape index (κ3) is 4.97. The molecule has 1 fully saturated rings. The van der Waals surface area contributed by atoms with E-state index in [0.29, 0.717) is 44.5 Å². The number of rotatable bonds is 8. The average Bonchev–Trinajstić information content (AvgIpc) is 2.74. The number of hydrogen-bond donors (Lipinski definition) is 3. The van der Waals surface area contributed by atoms with Crippen molar-refractivity contribution in [3.8, 4) is 0 Å². The van der Waals surface area contributed by atoms with Gasteiger partial charge < -0.3 is 21.3 Å². The second-order valence-electron chi connectivity index (χ2n) is 6.81. The van der Waals surface area contributed by atoms with E-state index in [4.69, 9.17) is 5.73 Å². The van der Waals surface area contributed by atoms with E-state index in [1.807, 2.05) is 31.2 Å². The van der Waals surface area contributed by atoms with Crippen molar-refractivity contribution in [3.63, 3.8) is 0 Å². The van der Waals surface area contributed by atoms with E-state index in [-0.39, 0.29) is 11.3 Å². The number of anilines is 4. The van der Waals surface area contributed by atoms with Gasteiger partial charge in [0.05, 0.1) is 11.3 Å². The number of sulfonamides is 1. The second kappa shape index (κ2) is 9.26. The summed E-state index contributed by atoms with van der Waals surface area (Å²) in [5.74, 6) is 0.278. The maximum atomic E-state index is 12.0. The van der Waals surface area contributed by atoms with Gasteiger partial charge in [0.2, 0.25) is 16.0 Å². The summed E-state index contributed by atoms with van der Waals surface area (Å²) < 4.78 is 25.5. The molecule has 162 valence electrons. The van der Waals surface area contributed by atoms with Crippen LogP contribution in [-0.4, -0.2) is 67.1 Å². The van der Waals surface area contributed by atoms with Crippen LogP contribution in [0.25, 0.3) is 0 Å². The lowest BCUT2D eigenvalue weighted by molar-refractivity contribution is 0.100. The van der Waals surface area contributed by atoms with Crippen LogP contribution >= 0.6 is 0 Å². The van der Waals surface area contributed by atoms with E-state index in [1.165, 1.54) is 6.20 Å². The standard InChI is InChI=1S/C19H27N7O3S/c1-3-21-18-16(17(20)27)13-22-19(24-18)23-14-5-7-15(8-6-14)25-9-11-26(12-10-25)30(28,29)4-2/h5-8,13H,3-4,9-12H2,1-2H3,(H2,20,27)(H2,21,22,23,24). The van der Waals surface area contributed by atoms with E-state index in [9.17, 15) is 13.2 Å². The molecule has 0 bridgehead atoms. The Kier molecular flexibility index (Phi) is 6.73. The van der Waals surface area contributed by atoms with Crippen molar-refractivity contribution < 1.29 is 13.2 Å². The lowest BCUT2D eigenvalue weighted by Gasteiger charge is -2.35. The third-order valence-electron chi connectivity index (χ3n) is 4.88. The Morgan fingerprint density at radius 3 is 2.37 bits per heavy atom. The number of carbonyl (C=O) groups is 1. The predicted octanol–water partition coefficient (Wildman–Crippen LogP) is 1.22. The molecule has 0 radical (unpaired) electrons. The SMILES string of the molecule is CCNc1nc(Nc2ccc(N3CCN(S(=O)(=O)CC)CC3)cc2)ncc1C(N)=O. The third-order valence-corrected chi connectivity index (χ3v) is 6.77. The van der Waals surface area contributed by atoms with E-state index < -0.39 is 15.9 Å². The fourth-order valence-electron chi connectivity index (χ4n) is 3.22. The number of primary amides is 1. The van der Waals surface area contributed by atoms with Gasteiger partial charge in [-0.3, -0.25) is 4.79 Å². The number of amides is 1. The Bertz CT molecular complexity index is 988. The minimum atomic E-state index is -3.14. The van der Waals surface area contributed by atoms with Gasteiger partial charge in [0, 0.05) is 50.3 Å². The van der Waals surface area contributed by atoms with Crippen molar-refractivity contribution in [1.29, 1.82) is 0 Å². The summed E-state index contributed by atoms with van der Waals surface area (Å²) in [6, 6.07) is 7.75. The zero-order valence-electron chi connectivity index (χ0n) is 17.1. The van der Waals surface area contributed by atoms with Crippen molar-refractivity contribution in [1.82, 2.24) is 14.3 Å². The molecule has 10 nitrogen and oxygen atoms in total. The zero-order valence-corrected chi connectivity index (χ0v) is 17.9.